The van der Waals surface area contributed by atoms with Crippen LogP contribution in [0.1, 0.15) is 6.92 Å². The molecule has 0 saturated carbocycles. The van der Waals surface area contributed by atoms with Crippen LogP contribution in [-0.2, 0) is 19.0 Å². The van der Waals surface area contributed by atoms with Crippen molar-refractivity contribution >= 4 is 16.9 Å². The first-order valence-corrected chi connectivity index (χ1v) is 4.64. The van der Waals surface area contributed by atoms with Crippen LogP contribution in [0.25, 0.3) is 0 Å². The summed E-state index contributed by atoms with van der Waals surface area (Å²) in [6.45, 7) is 1.48. The zero-order valence-corrected chi connectivity index (χ0v) is 7.93. The van der Waals surface area contributed by atoms with Gasteiger partial charge >= 0.3 is 0 Å². The van der Waals surface area contributed by atoms with Gasteiger partial charge in [-0.1, -0.05) is 11.8 Å². The Kier molecular flexibility index (Phi) is 4.00. The van der Waals surface area contributed by atoms with E-state index in [1.807, 2.05) is 0 Å². The van der Waals surface area contributed by atoms with Crippen molar-refractivity contribution in [2.45, 2.75) is 19.5 Å². The van der Waals surface area contributed by atoms with Crippen molar-refractivity contribution in [3.8, 4) is 0 Å². The van der Waals surface area contributed by atoms with E-state index in [-0.39, 0.29) is 11.2 Å². The maximum atomic E-state index is 10.6. The molecule has 2 atom stereocenters. The highest BCUT2D eigenvalue weighted by Gasteiger charge is 2.25. The normalized spacial score (nSPS) is 29.2. The van der Waals surface area contributed by atoms with Crippen molar-refractivity contribution < 1.29 is 19.0 Å². The third-order valence-corrected chi connectivity index (χ3v) is 2.33. The molecule has 0 N–H and O–H groups in total. The Bertz CT molecular complexity index is 161. The second-order valence-corrected chi connectivity index (χ2v) is 3.62. The zero-order chi connectivity index (χ0) is 8.97. The molecule has 5 heteroatoms. The van der Waals surface area contributed by atoms with E-state index in [9.17, 15) is 4.79 Å². The Hall–Kier alpha value is -0.100. The summed E-state index contributed by atoms with van der Waals surface area (Å²) in [5.41, 5.74) is 0. The average molecular weight is 192 g/mol. The number of thioether (sulfide) groups is 1. The molecule has 1 heterocycles. The highest BCUT2D eigenvalue weighted by atomic mass is 32.2. The van der Waals surface area contributed by atoms with Gasteiger partial charge in [0.25, 0.3) is 6.48 Å². The molecule has 0 amide bonds. The van der Waals surface area contributed by atoms with E-state index >= 15 is 0 Å². The highest BCUT2D eigenvalue weighted by Crippen LogP contribution is 2.16. The van der Waals surface area contributed by atoms with E-state index in [2.05, 4.69) is 0 Å². The van der Waals surface area contributed by atoms with Gasteiger partial charge in [-0.05, 0) is 0 Å². The molecule has 0 aromatic heterocycles. The highest BCUT2D eigenvalue weighted by molar-refractivity contribution is 8.13. The summed E-state index contributed by atoms with van der Waals surface area (Å²) >= 11 is 1.24. The molecule has 0 aromatic rings. The summed E-state index contributed by atoms with van der Waals surface area (Å²) in [7, 11) is 1.52. The molecule has 1 rings (SSSR count). The first-order valence-electron chi connectivity index (χ1n) is 3.65. The van der Waals surface area contributed by atoms with Crippen LogP contribution in [0.4, 0.5) is 0 Å². The fraction of sp³-hybridized carbons (Fsp3) is 0.857. The van der Waals surface area contributed by atoms with Crippen LogP contribution in [0, 0.1) is 0 Å². The molecule has 1 fully saturated rings. The van der Waals surface area contributed by atoms with Crippen LogP contribution in [-0.4, -0.2) is 37.2 Å². The van der Waals surface area contributed by atoms with Gasteiger partial charge in [0.05, 0.1) is 12.7 Å². The van der Waals surface area contributed by atoms with Gasteiger partial charge in [-0.25, -0.2) is 0 Å². The van der Waals surface area contributed by atoms with Crippen LogP contribution in [0.2, 0.25) is 0 Å². The van der Waals surface area contributed by atoms with Gasteiger partial charge in [-0.2, -0.15) is 0 Å². The topological polar surface area (TPSA) is 44.8 Å². The minimum absolute atomic E-state index is 0.0242. The van der Waals surface area contributed by atoms with Gasteiger partial charge < -0.3 is 14.2 Å². The van der Waals surface area contributed by atoms with Gasteiger partial charge in [0.2, 0.25) is 0 Å². The third kappa shape index (κ3) is 3.10. The second-order valence-electron chi connectivity index (χ2n) is 2.42. The van der Waals surface area contributed by atoms with Crippen molar-refractivity contribution in [2.75, 3.05) is 19.5 Å². The Morgan fingerprint density at radius 3 is 3.00 bits per heavy atom. The fourth-order valence-corrected chi connectivity index (χ4v) is 1.44. The predicted octanol–water partition coefficient (Wildman–Crippen LogP) is 0.611. The lowest BCUT2D eigenvalue weighted by Crippen LogP contribution is -2.16. The molecule has 0 aromatic carbocycles. The SMILES string of the molecule is COC1OCC(CSC(C)=O)O1. The number of carbonyl (C=O) groups excluding carboxylic acids is 1. The summed E-state index contributed by atoms with van der Waals surface area (Å²) in [6.07, 6.45) is -0.0242. The minimum Gasteiger partial charge on any atom is -0.333 e. The predicted molar refractivity (Wildman–Crippen MR) is 44.8 cm³/mol. The maximum absolute atomic E-state index is 10.6. The van der Waals surface area contributed by atoms with E-state index in [4.69, 9.17) is 14.2 Å². The standard InChI is InChI=1S/C7H12O4S/c1-5(8)12-4-6-3-10-7(9-2)11-6/h6-7H,3-4H2,1-2H3. The molecule has 0 bridgehead atoms. The molecule has 4 nitrogen and oxygen atoms in total. The number of ether oxygens (including phenoxy) is 3. The lowest BCUT2D eigenvalue weighted by molar-refractivity contribution is -0.221. The summed E-state index contributed by atoms with van der Waals surface area (Å²) < 4.78 is 15.1. The lowest BCUT2D eigenvalue weighted by Gasteiger charge is -2.07. The monoisotopic (exact) mass is 192 g/mol. The second kappa shape index (κ2) is 4.81. The van der Waals surface area contributed by atoms with E-state index in [0.717, 1.165) is 0 Å². The smallest absolute Gasteiger partial charge is 0.271 e. The largest absolute Gasteiger partial charge is 0.333 e. The van der Waals surface area contributed by atoms with Crippen molar-refractivity contribution in [1.29, 1.82) is 0 Å². The molecule has 0 spiro atoms. The maximum Gasteiger partial charge on any atom is 0.271 e. The molecule has 70 valence electrons. The minimum atomic E-state index is -0.553. The number of hydrogen-bond donors (Lipinski definition) is 0. The molecule has 1 saturated heterocycles. The van der Waals surface area contributed by atoms with Gasteiger partial charge in [-0.15, -0.1) is 0 Å². The molecular weight excluding hydrogens is 180 g/mol. The molecule has 0 aliphatic carbocycles. The van der Waals surface area contributed by atoms with E-state index in [1.54, 1.807) is 0 Å². The third-order valence-electron chi connectivity index (χ3n) is 1.39. The summed E-state index contributed by atoms with van der Waals surface area (Å²) in [5.74, 6) is 0.634. The quantitative estimate of drug-likeness (QED) is 0.655. The first-order chi connectivity index (χ1) is 5.72. The van der Waals surface area contributed by atoms with Crippen molar-refractivity contribution in [3.05, 3.63) is 0 Å². The zero-order valence-electron chi connectivity index (χ0n) is 7.11. The average Bonchev–Trinajstić information content (AvgIpc) is 2.48. The number of hydrogen-bond acceptors (Lipinski definition) is 5. The molecule has 1 aliphatic heterocycles. The molecule has 0 radical (unpaired) electrons. The van der Waals surface area contributed by atoms with Crippen molar-refractivity contribution in [2.24, 2.45) is 0 Å². The summed E-state index contributed by atoms with van der Waals surface area (Å²) in [6, 6.07) is 0. The van der Waals surface area contributed by atoms with Crippen LogP contribution < -0.4 is 0 Å². The van der Waals surface area contributed by atoms with Crippen LogP contribution in [0.5, 0.6) is 0 Å². The Labute approximate surface area is 75.5 Å². The van der Waals surface area contributed by atoms with Crippen LogP contribution in [0.15, 0.2) is 0 Å². The van der Waals surface area contributed by atoms with Gasteiger partial charge in [0, 0.05) is 19.8 Å². The number of rotatable bonds is 3. The molecule has 1 aliphatic rings. The van der Waals surface area contributed by atoms with Gasteiger partial charge in [-0.3, -0.25) is 4.79 Å². The lowest BCUT2D eigenvalue weighted by atomic mass is 10.4. The fourth-order valence-electron chi connectivity index (χ4n) is 0.843. The number of carbonyl (C=O) groups is 1. The van der Waals surface area contributed by atoms with Gasteiger partial charge in [0.1, 0.15) is 0 Å². The van der Waals surface area contributed by atoms with E-state index in [0.29, 0.717) is 12.4 Å². The van der Waals surface area contributed by atoms with Crippen LogP contribution in [0.3, 0.4) is 0 Å². The molecular formula is C7H12O4S. The summed E-state index contributed by atoms with van der Waals surface area (Å²) in [5, 5.41) is 0.0967. The molecule has 12 heavy (non-hydrogen) atoms. The number of methoxy groups -OCH3 is 1. The van der Waals surface area contributed by atoms with Crippen molar-refractivity contribution in [3.63, 3.8) is 0 Å². The van der Waals surface area contributed by atoms with Gasteiger partial charge in [0.15, 0.2) is 5.12 Å². The van der Waals surface area contributed by atoms with E-state index < -0.39 is 6.48 Å². The Balaban J connectivity index is 2.15. The van der Waals surface area contributed by atoms with Crippen LogP contribution >= 0.6 is 11.8 Å². The van der Waals surface area contributed by atoms with E-state index in [1.165, 1.54) is 25.8 Å². The van der Waals surface area contributed by atoms with Crippen molar-refractivity contribution in [1.82, 2.24) is 0 Å². The summed E-state index contributed by atoms with van der Waals surface area (Å²) in [4.78, 5) is 10.6. The molecule has 2 unspecified atom stereocenters. The first kappa shape index (κ1) is 9.98. The Morgan fingerprint density at radius 2 is 2.50 bits per heavy atom. The Morgan fingerprint density at radius 1 is 1.75 bits per heavy atom.